The molecule has 0 aliphatic rings. The molecule has 16 heavy (non-hydrogen) atoms. The molecule has 0 aliphatic heterocycles. The lowest BCUT2D eigenvalue weighted by Crippen LogP contribution is -2.44. The monoisotopic (exact) mass is 229 g/mol. The maximum atomic E-state index is 11.6. The number of amides is 3. The van der Waals surface area contributed by atoms with E-state index in [2.05, 4.69) is 10.2 Å². The third-order valence-corrected chi connectivity index (χ3v) is 2.22. The summed E-state index contributed by atoms with van der Waals surface area (Å²) in [6, 6.07) is -0.284. The average molecular weight is 229 g/mol. The van der Waals surface area contributed by atoms with Crippen molar-refractivity contribution < 1.29 is 9.59 Å². The van der Waals surface area contributed by atoms with E-state index in [4.69, 9.17) is 0 Å². The quantitative estimate of drug-likeness (QED) is 0.689. The van der Waals surface area contributed by atoms with E-state index < -0.39 is 0 Å². The van der Waals surface area contributed by atoms with Crippen molar-refractivity contribution in [2.45, 2.75) is 26.7 Å². The molecule has 0 spiro atoms. The second kappa shape index (κ2) is 8.10. The minimum Gasteiger partial charge on any atom is -0.338 e. The Balaban J connectivity index is 3.89. The summed E-state index contributed by atoms with van der Waals surface area (Å²) >= 11 is 0. The second-order valence-electron chi connectivity index (χ2n) is 3.88. The number of hydrogen-bond donors (Lipinski definition) is 1. The highest BCUT2D eigenvalue weighted by molar-refractivity contribution is 5.94. The lowest BCUT2D eigenvalue weighted by atomic mass is 10.4. The van der Waals surface area contributed by atoms with E-state index in [1.54, 1.807) is 13.8 Å². The number of hydrogen-bond acceptors (Lipinski definition) is 3. The predicted molar refractivity (Wildman–Crippen MR) is 64.2 cm³/mol. The Bertz CT molecular complexity index is 229. The highest BCUT2D eigenvalue weighted by atomic mass is 16.2. The first kappa shape index (κ1) is 14.9. The molecule has 0 rings (SSSR count). The fourth-order valence-electron chi connectivity index (χ4n) is 1.31. The summed E-state index contributed by atoms with van der Waals surface area (Å²) in [5.74, 6) is -0.132. The van der Waals surface area contributed by atoms with Crippen LogP contribution in [0.1, 0.15) is 26.7 Å². The van der Waals surface area contributed by atoms with E-state index in [1.807, 2.05) is 14.1 Å². The van der Waals surface area contributed by atoms with Gasteiger partial charge in [0.15, 0.2) is 0 Å². The lowest BCUT2D eigenvalue weighted by molar-refractivity contribution is -0.127. The highest BCUT2D eigenvalue weighted by Crippen LogP contribution is 1.94. The number of nitrogens with zero attached hydrogens (tertiary/aromatic N) is 2. The zero-order valence-electron chi connectivity index (χ0n) is 10.7. The zero-order valence-corrected chi connectivity index (χ0v) is 10.7. The molecule has 5 heteroatoms. The fourth-order valence-corrected chi connectivity index (χ4v) is 1.31. The van der Waals surface area contributed by atoms with Crippen LogP contribution >= 0.6 is 0 Å². The average Bonchev–Trinajstić information content (AvgIpc) is 2.24. The van der Waals surface area contributed by atoms with Gasteiger partial charge in [0.2, 0.25) is 5.91 Å². The van der Waals surface area contributed by atoms with Gasteiger partial charge >= 0.3 is 6.03 Å². The minimum absolute atomic E-state index is 0.132. The van der Waals surface area contributed by atoms with Crippen molar-refractivity contribution in [3.05, 3.63) is 0 Å². The molecule has 1 N–H and O–H groups in total. The molecule has 0 heterocycles. The van der Waals surface area contributed by atoms with Gasteiger partial charge in [-0.05, 0) is 34.0 Å². The number of rotatable bonds is 6. The van der Waals surface area contributed by atoms with Crippen LogP contribution in [0.2, 0.25) is 0 Å². The third kappa shape index (κ3) is 5.70. The molecule has 0 radical (unpaired) electrons. The largest absolute Gasteiger partial charge is 0.338 e. The summed E-state index contributed by atoms with van der Waals surface area (Å²) in [5, 5.41) is 2.74. The summed E-state index contributed by atoms with van der Waals surface area (Å²) in [7, 11) is 3.97. The van der Waals surface area contributed by atoms with Gasteiger partial charge in [0, 0.05) is 19.5 Å². The van der Waals surface area contributed by atoms with E-state index in [0.717, 1.165) is 13.0 Å². The molecule has 3 amide bonds. The van der Waals surface area contributed by atoms with Gasteiger partial charge in [-0.25, -0.2) is 4.79 Å². The van der Waals surface area contributed by atoms with Crippen LogP contribution in [0, 0.1) is 0 Å². The van der Waals surface area contributed by atoms with Gasteiger partial charge < -0.3 is 10.2 Å². The van der Waals surface area contributed by atoms with E-state index in [0.29, 0.717) is 19.5 Å². The second-order valence-corrected chi connectivity index (χ2v) is 3.88. The summed E-state index contributed by atoms with van der Waals surface area (Å²) in [6.07, 6.45) is 1.25. The first-order chi connectivity index (χ1) is 7.52. The smallest absolute Gasteiger partial charge is 0.324 e. The lowest BCUT2D eigenvalue weighted by Gasteiger charge is -2.19. The van der Waals surface area contributed by atoms with Crippen molar-refractivity contribution in [3.63, 3.8) is 0 Å². The van der Waals surface area contributed by atoms with Gasteiger partial charge in [0.25, 0.3) is 0 Å². The topological polar surface area (TPSA) is 52.7 Å². The molecule has 0 saturated heterocycles. The van der Waals surface area contributed by atoms with E-state index >= 15 is 0 Å². The van der Waals surface area contributed by atoms with Gasteiger partial charge in [0.1, 0.15) is 0 Å². The van der Waals surface area contributed by atoms with E-state index in [1.165, 1.54) is 4.90 Å². The number of carbonyl (C=O) groups is 2. The van der Waals surface area contributed by atoms with Crippen molar-refractivity contribution in [3.8, 4) is 0 Å². The Kier molecular flexibility index (Phi) is 7.54. The highest BCUT2D eigenvalue weighted by Gasteiger charge is 2.16. The van der Waals surface area contributed by atoms with Crippen LogP contribution in [0.3, 0.4) is 0 Å². The Morgan fingerprint density at radius 2 is 1.81 bits per heavy atom. The summed E-state index contributed by atoms with van der Waals surface area (Å²) in [6.45, 7) is 5.50. The van der Waals surface area contributed by atoms with Gasteiger partial charge in [-0.3, -0.25) is 9.69 Å². The Hall–Kier alpha value is -1.10. The Morgan fingerprint density at radius 3 is 2.25 bits per heavy atom. The van der Waals surface area contributed by atoms with Crippen molar-refractivity contribution in [2.24, 2.45) is 0 Å². The number of carbonyl (C=O) groups excluding carboxylic acids is 2. The van der Waals surface area contributed by atoms with Crippen LogP contribution < -0.4 is 5.32 Å². The summed E-state index contributed by atoms with van der Waals surface area (Å²) < 4.78 is 0. The van der Waals surface area contributed by atoms with Gasteiger partial charge in [-0.1, -0.05) is 6.92 Å². The van der Waals surface area contributed by atoms with Crippen LogP contribution in [-0.4, -0.2) is 55.5 Å². The number of nitrogens with one attached hydrogen (secondary N) is 1. The standard InChI is InChI=1S/C11H23N3O2/c1-5-10(15)14(6-2)11(16)12-8-7-9-13(3)4/h5-9H2,1-4H3,(H,12,16). The van der Waals surface area contributed by atoms with E-state index in [-0.39, 0.29) is 11.9 Å². The molecule has 94 valence electrons. The van der Waals surface area contributed by atoms with Crippen molar-refractivity contribution in [1.82, 2.24) is 15.1 Å². The molecular formula is C11H23N3O2. The molecule has 0 atom stereocenters. The Labute approximate surface area is 97.8 Å². The molecular weight excluding hydrogens is 206 g/mol. The first-order valence-electron chi connectivity index (χ1n) is 5.75. The van der Waals surface area contributed by atoms with Crippen LogP contribution in [-0.2, 0) is 4.79 Å². The molecule has 0 aromatic carbocycles. The molecule has 0 fully saturated rings. The number of urea groups is 1. The molecule has 0 aromatic rings. The van der Waals surface area contributed by atoms with Crippen LogP contribution in [0.5, 0.6) is 0 Å². The van der Waals surface area contributed by atoms with Gasteiger partial charge in [-0.15, -0.1) is 0 Å². The van der Waals surface area contributed by atoms with E-state index in [9.17, 15) is 9.59 Å². The maximum absolute atomic E-state index is 11.6. The fraction of sp³-hybridized carbons (Fsp3) is 0.818. The van der Waals surface area contributed by atoms with Gasteiger partial charge in [0.05, 0.1) is 0 Å². The molecule has 0 aromatic heterocycles. The van der Waals surface area contributed by atoms with Crippen LogP contribution in [0.15, 0.2) is 0 Å². The first-order valence-corrected chi connectivity index (χ1v) is 5.75. The SMILES string of the molecule is CCC(=O)N(CC)C(=O)NCCCN(C)C. The van der Waals surface area contributed by atoms with Crippen molar-refractivity contribution in [2.75, 3.05) is 33.7 Å². The Morgan fingerprint density at radius 1 is 1.19 bits per heavy atom. The molecule has 5 nitrogen and oxygen atoms in total. The molecule has 0 bridgehead atoms. The maximum Gasteiger partial charge on any atom is 0.324 e. The van der Waals surface area contributed by atoms with Crippen molar-refractivity contribution in [1.29, 1.82) is 0 Å². The molecule has 0 aliphatic carbocycles. The van der Waals surface area contributed by atoms with Crippen molar-refractivity contribution >= 4 is 11.9 Å². The zero-order chi connectivity index (χ0) is 12.6. The van der Waals surface area contributed by atoms with Gasteiger partial charge in [-0.2, -0.15) is 0 Å². The molecule has 0 unspecified atom stereocenters. The summed E-state index contributed by atoms with van der Waals surface area (Å²) in [4.78, 5) is 26.3. The molecule has 0 saturated carbocycles. The normalized spacial score (nSPS) is 10.3. The summed E-state index contributed by atoms with van der Waals surface area (Å²) in [5.41, 5.74) is 0. The van der Waals surface area contributed by atoms with Crippen LogP contribution in [0.25, 0.3) is 0 Å². The van der Waals surface area contributed by atoms with Crippen LogP contribution in [0.4, 0.5) is 4.79 Å². The minimum atomic E-state index is -0.284. The third-order valence-electron chi connectivity index (χ3n) is 2.22. The predicted octanol–water partition coefficient (Wildman–Crippen LogP) is 0.906. The number of imide groups is 1.